The van der Waals surface area contributed by atoms with Crippen LogP contribution in [0.25, 0.3) is 0 Å². The van der Waals surface area contributed by atoms with Gasteiger partial charge in [-0.25, -0.2) is 0 Å². The molecule has 2 amide bonds. The molecule has 2 N–H and O–H groups in total. The Morgan fingerprint density at radius 1 is 0.931 bits per heavy atom. The van der Waals surface area contributed by atoms with Crippen molar-refractivity contribution in [1.29, 1.82) is 0 Å². The molecule has 0 radical (unpaired) electrons. The Kier molecular flexibility index (Phi) is 8.07. The van der Waals surface area contributed by atoms with Gasteiger partial charge in [-0.15, -0.1) is 0 Å². The van der Waals surface area contributed by atoms with Gasteiger partial charge in [0.05, 0.1) is 13.1 Å². The van der Waals surface area contributed by atoms with E-state index in [2.05, 4.69) is 15.5 Å². The number of hydrogen-bond donors (Lipinski definition) is 2. The Morgan fingerprint density at radius 3 is 2.28 bits per heavy atom. The molecule has 1 fully saturated rings. The number of amides is 2. The molecule has 6 nitrogen and oxygen atoms in total. The van der Waals surface area contributed by atoms with Gasteiger partial charge in [-0.1, -0.05) is 48.5 Å². The van der Waals surface area contributed by atoms with Crippen LogP contribution in [0.15, 0.2) is 60.7 Å². The second kappa shape index (κ2) is 11.2. The molecular formula is C23H29N3O3. The van der Waals surface area contributed by atoms with E-state index in [1.165, 1.54) is 0 Å². The lowest BCUT2D eigenvalue weighted by Crippen LogP contribution is -2.44. The van der Waals surface area contributed by atoms with Crippen LogP contribution in [-0.4, -0.2) is 49.5 Å². The van der Waals surface area contributed by atoms with E-state index >= 15 is 0 Å². The van der Waals surface area contributed by atoms with Crippen molar-refractivity contribution >= 4 is 11.8 Å². The molecule has 0 saturated carbocycles. The Labute approximate surface area is 172 Å². The van der Waals surface area contributed by atoms with Crippen LogP contribution in [0.3, 0.4) is 0 Å². The second-order valence-electron chi connectivity index (χ2n) is 7.27. The van der Waals surface area contributed by atoms with Gasteiger partial charge in [-0.05, 0) is 43.6 Å². The molecular weight excluding hydrogens is 366 g/mol. The number of para-hydroxylation sites is 1. The highest BCUT2D eigenvalue weighted by molar-refractivity contribution is 5.79. The van der Waals surface area contributed by atoms with Gasteiger partial charge in [0.15, 0.2) is 0 Å². The number of carbonyl (C=O) groups excluding carboxylic acids is 2. The molecule has 1 aliphatic heterocycles. The molecule has 154 valence electrons. The van der Waals surface area contributed by atoms with Gasteiger partial charge in [-0.2, -0.15) is 0 Å². The minimum Gasteiger partial charge on any atom is -0.492 e. The fraction of sp³-hybridized carbons (Fsp3) is 0.391. The van der Waals surface area contributed by atoms with Crippen molar-refractivity contribution in [3.8, 4) is 5.75 Å². The summed E-state index contributed by atoms with van der Waals surface area (Å²) < 4.78 is 5.57. The zero-order valence-electron chi connectivity index (χ0n) is 16.7. The molecule has 0 aliphatic carbocycles. The zero-order chi connectivity index (χ0) is 20.3. The Hall–Kier alpha value is -2.86. The number of carbonyl (C=O) groups is 2. The van der Waals surface area contributed by atoms with Gasteiger partial charge in [0.1, 0.15) is 12.4 Å². The van der Waals surface area contributed by atoms with Crippen LogP contribution in [-0.2, 0) is 16.1 Å². The number of ether oxygens (including phenoxy) is 1. The Morgan fingerprint density at radius 2 is 1.59 bits per heavy atom. The summed E-state index contributed by atoms with van der Waals surface area (Å²) in [6.45, 7) is 3.37. The van der Waals surface area contributed by atoms with Crippen molar-refractivity contribution in [3.63, 3.8) is 0 Å². The number of hydrogen-bond acceptors (Lipinski definition) is 4. The summed E-state index contributed by atoms with van der Waals surface area (Å²) in [6.07, 6.45) is 1.57. The first-order valence-corrected chi connectivity index (χ1v) is 10.2. The normalized spacial score (nSPS) is 14.9. The molecule has 3 rings (SSSR count). The lowest BCUT2D eigenvalue weighted by Gasteiger charge is -2.30. The van der Waals surface area contributed by atoms with Crippen LogP contribution in [0, 0.1) is 5.92 Å². The SMILES string of the molecule is O=C(CN1CCC(C(=O)NCc2ccccc2)CC1)NCCOc1ccccc1. The molecule has 2 aromatic carbocycles. The number of nitrogens with zero attached hydrogens (tertiary/aromatic N) is 1. The molecule has 6 heteroatoms. The van der Waals surface area contributed by atoms with Crippen LogP contribution >= 0.6 is 0 Å². The van der Waals surface area contributed by atoms with Crippen LogP contribution in [0.2, 0.25) is 0 Å². The molecule has 29 heavy (non-hydrogen) atoms. The molecule has 0 unspecified atom stereocenters. The molecule has 1 saturated heterocycles. The number of likely N-dealkylation sites (tertiary alicyclic amines) is 1. The minimum atomic E-state index is -0.00589. The molecule has 0 bridgehead atoms. The van der Waals surface area contributed by atoms with E-state index in [0.717, 1.165) is 37.2 Å². The number of nitrogens with one attached hydrogen (secondary N) is 2. The van der Waals surface area contributed by atoms with E-state index in [1.807, 2.05) is 60.7 Å². The third-order valence-corrected chi connectivity index (χ3v) is 5.07. The largest absolute Gasteiger partial charge is 0.492 e. The first kappa shape index (κ1) is 20.9. The van der Waals surface area contributed by atoms with Crippen molar-refractivity contribution in [3.05, 3.63) is 66.2 Å². The third-order valence-electron chi connectivity index (χ3n) is 5.07. The molecule has 0 atom stereocenters. The highest BCUT2D eigenvalue weighted by atomic mass is 16.5. The maximum absolute atomic E-state index is 12.4. The summed E-state index contributed by atoms with van der Waals surface area (Å²) in [4.78, 5) is 26.6. The highest BCUT2D eigenvalue weighted by Gasteiger charge is 2.25. The first-order chi connectivity index (χ1) is 14.2. The van der Waals surface area contributed by atoms with E-state index in [-0.39, 0.29) is 17.7 Å². The molecule has 0 spiro atoms. The van der Waals surface area contributed by atoms with Crippen molar-refractivity contribution < 1.29 is 14.3 Å². The summed E-state index contributed by atoms with van der Waals surface area (Å²) in [5.74, 6) is 0.927. The van der Waals surface area contributed by atoms with Crippen LogP contribution < -0.4 is 15.4 Å². The maximum Gasteiger partial charge on any atom is 0.234 e. The third kappa shape index (κ3) is 7.23. The van der Waals surface area contributed by atoms with Gasteiger partial charge < -0.3 is 15.4 Å². The van der Waals surface area contributed by atoms with E-state index in [0.29, 0.717) is 26.2 Å². The smallest absolute Gasteiger partial charge is 0.234 e. The van der Waals surface area contributed by atoms with E-state index < -0.39 is 0 Å². The fourth-order valence-corrected chi connectivity index (χ4v) is 3.42. The molecule has 2 aromatic rings. The standard InChI is InChI=1S/C23H29N3O3/c27-22(24-13-16-29-21-9-5-2-6-10-21)18-26-14-11-20(12-15-26)23(28)25-17-19-7-3-1-4-8-19/h1-10,20H,11-18H2,(H,24,27)(H,25,28). The summed E-state index contributed by atoms with van der Waals surface area (Å²) >= 11 is 0. The average molecular weight is 396 g/mol. The minimum absolute atomic E-state index is 0.00589. The highest BCUT2D eigenvalue weighted by Crippen LogP contribution is 2.17. The van der Waals surface area contributed by atoms with Crippen LogP contribution in [0.1, 0.15) is 18.4 Å². The first-order valence-electron chi connectivity index (χ1n) is 10.2. The van der Waals surface area contributed by atoms with Crippen molar-refractivity contribution in [1.82, 2.24) is 15.5 Å². The van der Waals surface area contributed by atoms with Crippen molar-refractivity contribution in [2.45, 2.75) is 19.4 Å². The summed E-state index contributed by atoms with van der Waals surface area (Å²) in [5.41, 5.74) is 1.10. The average Bonchev–Trinajstić information content (AvgIpc) is 2.77. The molecule has 1 aliphatic rings. The summed E-state index contributed by atoms with van der Waals surface area (Å²) in [6, 6.07) is 19.5. The van der Waals surface area contributed by atoms with Crippen molar-refractivity contribution in [2.24, 2.45) is 5.92 Å². The van der Waals surface area contributed by atoms with Gasteiger partial charge in [0, 0.05) is 12.5 Å². The number of piperidine rings is 1. The zero-order valence-corrected chi connectivity index (χ0v) is 16.7. The number of benzene rings is 2. The van der Waals surface area contributed by atoms with Gasteiger partial charge >= 0.3 is 0 Å². The van der Waals surface area contributed by atoms with E-state index in [4.69, 9.17) is 4.74 Å². The fourth-order valence-electron chi connectivity index (χ4n) is 3.42. The van der Waals surface area contributed by atoms with Crippen LogP contribution in [0.5, 0.6) is 5.75 Å². The Balaban J connectivity index is 1.28. The number of rotatable bonds is 9. The lowest BCUT2D eigenvalue weighted by molar-refractivity contribution is -0.127. The quantitative estimate of drug-likeness (QED) is 0.639. The van der Waals surface area contributed by atoms with Crippen molar-refractivity contribution in [2.75, 3.05) is 32.8 Å². The summed E-state index contributed by atoms with van der Waals surface area (Å²) in [5, 5.41) is 5.91. The molecule has 1 heterocycles. The predicted molar refractivity (Wildman–Crippen MR) is 112 cm³/mol. The van der Waals surface area contributed by atoms with E-state index in [1.54, 1.807) is 0 Å². The monoisotopic (exact) mass is 395 g/mol. The molecule has 0 aromatic heterocycles. The van der Waals surface area contributed by atoms with Gasteiger partial charge in [0.25, 0.3) is 0 Å². The van der Waals surface area contributed by atoms with Gasteiger partial charge in [0.2, 0.25) is 11.8 Å². The summed E-state index contributed by atoms with van der Waals surface area (Å²) in [7, 11) is 0. The predicted octanol–water partition coefficient (Wildman–Crippen LogP) is 2.21. The van der Waals surface area contributed by atoms with Crippen LogP contribution in [0.4, 0.5) is 0 Å². The Bertz CT molecular complexity index is 759. The second-order valence-corrected chi connectivity index (χ2v) is 7.27. The maximum atomic E-state index is 12.4. The lowest BCUT2D eigenvalue weighted by atomic mass is 9.96. The van der Waals surface area contributed by atoms with E-state index in [9.17, 15) is 9.59 Å². The van der Waals surface area contributed by atoms with Gasteiger partial charge in [-0.3, -0.25) is 14.5 Å². The topological polar surface area (TPSA) is 70.7 Å².